The third-order valence-corrected chi connectivity index (χ3v) is 4.16. The molecule has 0 radical (unpaired) electrons. The number of hydrogen-bond donors (Lipinski definition) is 1. The van der Waals surface area contributed by atoms with E-state index in [1.165, 1.54) is 19.3 Å². The van der Waals surface area contributed by atoms with E-state index >= 15 is 0 Å². The molecular formula is C18H26N2O2. The Labute approximate surface area is 133 Å². The molecule has 1 saturated carbocycles. The number of likely N-dealkylation sites (N-methyl/N-ethyl adjacent to an activating group) is 1. The first-order chi connectivity index (χ1) is 10.7. The van der Waals surface area contributed by atoms with Gasteiger partial charge in [-0.3, -0.25) is 4.79 Å². The van der Waals surface area contributed by atoms with Gasteiger partial charge >= 0.3 is 0 Å². The largest absolute Gasteiger partial charge is 0.489 e. The van der Waals surface area contributed by atoms with Gasteiger partial charge in [0.15, 0.2) is 0 Å². The molecule has 1 N–H and O–H groups in total. The van der Waals surface area contributed by atoms with E-state index in [0.29, 0.717) is 19.2 Å². The molecule has 0 spiro atoms. The molecule has 1 amide bonds. The summed E-state index contributed by atoms with van der Waals surface area (Å²) < 4.78 is 5.49. The second-order valence-corrected chi connectivity index (χ2v) is 5.78. The molecule has 0 aliphatic heterocycles. The highest BCUT2D eigenvalue weighted by atomic mass is 16.5. The molecular weight excluding hydrogens is 276 g/mol. The zero-order chi connectivity index (χ0) is 15.8. The van der Waals surface area contributed by atoms with Crippen LogP contribution in [-0.4, -0.2) is 37.0 Å². The van der Waals surface area contributed by atoms with Crippen LogP contribution in [0.25, 0.3) is 0 Å². The highest BCUT2D eigenvalue weighted by Crippen LogP contribution is 2.22. The molecule has 0 unspecified atom stereocenters. The summed E-state index contributed by atoms with van der Waals surface area (Å²) in [5.41, 5.74) is 0.895. The lowest BCUT2D eigenvalue weighted by atomic mass is 9.94. The number of amides is 1. The molecule has 4 heteroatoms. The predicted molar refractivity (Wildman–Crippen MR) is 90.3 cm³/mol. The SMILES string of the molecule is C=CCOc1cccc(NCC(=O)N(C)C2CCCCC2)c1. The minimum absolute atomic E-state index is 0.143. The lowest BCUT2D eigenvalue weighted by Gasteiger charge is -2.31. The Balaban J connectivity index is 1.83. The standard InChI is InChI=1S/C18H26N2O2/c1-3-12-22-17-11-7-8-15(13-17)19-14-18(21)20(2)16-9-5-4-6-10-16/h3,7-8,11,13,16,19H,1,4-6,9-10,12,14H2,2H3. The first-order valence-corrected chi connectivity index (χ1v) is 8.04. The van der Waals surface area contributed by atoms with Crippen LogP contribution >= 0.6 is 0 Å². The van der Waals surface area contributed by atoms with Crippen molar-refractivity contribution in [3.63, 3.8) is 0 Å². The van der Waals surface area contributed by atoms with Crippen LogP contribution in [0.1, 0.15) is 32.1 Å². The van der Waals surface area contributed by atoms with Crippen LogP contribution < -0.4 is 10.1 Å². The van der Waals surface area contributed by atoms with Gasteiger partial charge in [-0.1, -0.05) is 38.0 Å². The van der Waals surface area contributed by atoms with E-state index < -0.39 is 0 Å². The number of nitrogens with one attached hydrogen (secondary N) is 1. The Morgan fingerprint density at radius 2 is 2.18 bits per heavy atom. The van der Waals surface area contributed by atoms with Gasteiger partial charge in [0.05, 0.1) is 6.54 Å². The highest BCUT2D eigenvalue weighted by molar-refractivity contribution is 5.81. The molecule has 1 aliphatic carbocycles. The molecule has 1 aromatic rings. The summed E-state index contributed by atoms with van der Waals surface area (Å²) in [6, 6.07) is 8.05. The fourth-order valence-corrected chi connectivity index (χ4v) is 2.83. The Bertz CT molecular complexity index is 496. The summed E-state index contributed by atoms with van der Waals surface area (Å²) in [4.78, 5) is 14.2. The maximum absolute atomic E-state index is 12.3. The molecule has 0 heterocycles. The molecule has 0 aromatic heterocycles. The van der Waals surface area contributed by atoms with Crippen molar-refractivity contribution in [1.82, 2.24) is 4.90 Å². The van der Waals surface area contributed by atoms with Crippen molar-refractivity contribution in [3.8, 4) is 5.75 Å². The molecule has 22 heavy (non-hydrogen) atoms. The Morgan fingerprint density at radius 3 is 2.91 bits per heavy atom. The van der Waals surface area contributed by atoms with Gasteiger partial charge in [0.25, 0.3) is 0 Å². The first-order valence-electron chi connectivity index (χ1n) is 8.04. The number of carbonyl (C=O) groups is 1. The minimum Gasteiger partial charge on any atom is -0.489 e. The van der Waals surface area contributed by atoms with Gasteiger partial charge < -0.3 is 15.0 Å². The van der Waals surface area contributed by atoms with Gasteiger partial charge in [-0.2, -0.15) is 0 Å². The van der Waals surface area contributed by atoms with Gasteiger partial charge in [0.2, 0.25) is 5.91 Å². The second-order valence-electron chi connectivity index (χ2n) is 5.78. The molecule has 1 fully saturated rings. The lowest BCUT2D eigenvalue weighted by Crippen LogP contribution is -2.41. The van der Waals surface area contributed by atoms with Crippen molar-refractivity contribution in [2.24, 2.45) is 0 Å². The maximum atomic E-state index is 12.3. The molecule has 2 rings (SSSR count). The van der Waals surface area contributed by atoms with E-state index in [9.17, 15) is 4.79 Å². The van der Waals surface area contributed by atoms with E-state index in [1.54, 1.807) is 6.08 Å². The normalized spacial score (nSPS) is 15.1. The quantitative estimate of drug-likeness (QED) is 0.784. The second kappa shape index (κ2) is 8.47. The monoisotopic (exact) mass is 302 g/mol. The van der Waals surface area contributed by atoms with Crippen molar-refractivity contribution >= 4 is 11.6 Å². The number of carbonyl (C=O) groups excluding carboxylic acids is 1. The molecule has 120 valence electrons. The van der Waals surface area contributed by atoms with Crippen LogP contribution in [0.15, 0.2) is 36.9 Å². The van der Waals surface area contributed by atoms with Crippen molar-refractivity contribution < 1.29 is 9.53 Å². The van der Waals surface area contributed by atoms with Gasteiger partial charge in [0, 0.05) is 24.8 Å². The summed E-state index contributed by atoms with van der Waals surface area (Å²) >= 11 is 0. The number of nitrogens with zero attached hydrogens (tertiary/aromatic N) is 1. The number of rotatable bonds is 7. The third kappa shape index (κ3) is 4.79. The van der Waals surface area contributed by atoms with Crippen molar-refractivity contribution in [2.75, 3.05) is 25.5 Å². The topological polar surface area (TPSA) is 41.6 Å². The molecule has 1 aromatic carbocycles. The van der Waals surface area contributed by atoms with Gasteiger partial charge in [0.1, 0.15) is 12.4 Å². The van der Waals surface area contributed by atoms with E-state index in [1.807, 2.05) is 36.2 Å². The molecule has 0 bridgehead atoms. The van der Waals surface area contributed by atoms with Gasteiger partial charge in [-0.05, 0) is 25.0 Å². The molecule has 4 nitrogen and oxygen atoms in total. The fourth-order valence-electron chi connectivity index (χ4n) is 2.83. The van der Waals surface area contributed by atoms with Crippen LogP contribution in [0.3, 0.4) is 0 Å². The number of ether oxygens (including phenoxy) is 1. The number of anilines is 1. The summed E-state index contributed by atoms with van der Waals surface area (Å²) in [5.74, 6) is 0.919. The molecule has 1 aliphatic rings. The molecule has 0 saturated heterocycles. The number of hydrogen-bond acceptors (Lipinski definition) is 3. The van der Waals surface area contributed by atoms with Gasteiger partial charge in [-0.25, -0.2) is 0 Å². The summed E-state index contributed by atoms with van der Waals surface area (Å²) in [7, 11) is 1.92. The Hall–Kier alpha value is -1.97. The summed E-state index contributed by atoms with van der Waals surface area (Å²) in [6.45, 7) is 4.43. The average molecular weight is 302 g/mol. The van der Waals surface area contributed by atoms with Crippen LogP contribution in [0.5, 0.6) is 5.75 Å². The van der Waals surface area contributed by atoms with E-state index in [0.717, 1.165) is 24.3 Å². The van der Waals surface area contributed by atoms with Crippen LogP contribution in [0.4, 0.5) is 5.69 Å². The van der Waals surface area contributed by atoms with Crippen LogP contribution in [0.2, 0.25) is 0 Å². The zero-order valence-corrected chi connectivity index (χ0v) is 13.4. The maximum Gasteiger partial charge on any atom is 0.241 e. The van der Waals surface area contributed by atoms with Crippen LogP contribution in [0, 0.1) is 0 Å². The van der Waals surface area contributed by atoms with Crippen LogP contribution in [-0.2, 0) is 4.79 Å². The lowest BCUT2D eigenvalue weighted by molar-refractivity contribution is -0.130. The highest BCUT2D eigenvalue weighted by Gasteiger charge is 2.21. The Kier molecular flexibility index (Phi) is 6.31. The van der Waals surface area contributed by atoms with Gasteiger partial charge in [-0.15, -0.1) is 0 Å². The van der Waals surface area contributed by atoms with Crippen molar-refractivity contribution in [1.29, 1.82) is 0 Å². The minimum atomic E-state index is 0.143. The van der Waals surface area contributed by atoms with Crippen molar-refractivity contribution in [2.45, 2.75) is 38.1 Å². The van der Waals surface area contributed by atoms with Crippen molar-refractivity contribution in [3.05, 3.63) is 36.9 Å². The average Bonchev–Trinajstić information content (AvgIpc) is 2.58. The fraction of sp³-hybridized carbons (Fsp3) is 0.500. The summed E-state index contributed by atoms with van der Waals surface area (Å²) in [6.07, 6.45) is 7.74. The smallest absolute Gasteiger partial charge is 0.241 e. The zero-order valence-electron chi connectivity index (χ0n) is 13.4. The summed E-state index contributed by atoms with van der Waals surface area (Å²) in [5, 5.41) is 3.18. The first kappa shape index (κ1) is 16.4. The third-order valence-electron chi connectivity index (χ3n) is 4.16. The van der Waals surface area contributed by atoms with E-state index in [2.05, 4.69) is 11.9 Å². The van der Waals surface area contributed by atoms with E-state index in [-0.39, 0.29) is 5.91 Å². The predicted octanol–water partition coefficient (Wildman–Crippen LogP) is 3.45. The van der Waals surface area contributed by atoms with E-state index in [4.69, 9.17) is 4.74 Å². The number of benzene rings is 1. The Morgan fingerprint density at radius 1 is 1.41 bits per heavy atom. The molecule has 0 atom stereocenters.